The van der Waals surface area contributed by atoms with Crippen LogP contribution in [0.3, 0.4) is 0 Å². The van der Waals surface area contributed by atoms with Crippen molar-refractivity contribution in [3.8, 4) is 11.3 Å². The quantitative estimate of drug-likeness (QED) is 0.852. The number of hydrogen-bond acceptors (Lipinski definition) is 5. The molecule has 0 amide bonds. The summed E-state index contributed by atoms with van der Waals surface area (Å²) in [6.07, 6.45) is 2.14. The lowest BCUT2D eigenvalue weighted by Crippen LogP contribution is -2.27. The average molecular weight is 255 g/mol. The third-order valence-corrected chi connectivity index (χ3v) is 3.50. The van der Waals surface area contributed by atoms with Gasteiger partial charge in [0, 0.05) is 11.5 Å². The van der Waals surface area contributed by atoms with Crippen LogP contribution in [0, 0.1) is 0 Å². The normalized spacial score (nSPS) is 16.4. The number of nitrogens with two attached hydrogens (primary N) is 1. The Labute approximate surface area is 112 Å². The maximum absolute atomic E-state index is 5.70. The maximum atomic E-state index is 5.70. The van der Waals surface area contributed by atoms with Crippen molar-refractivity contribution in [2.45, 2.75) is 18.8 Å². The van der Waals surface area contributed by atoms with Crippen LogP contribution in [0.2, 0.25) is 0 Å². The van der Waals surface area contributed by atoms with E-state index < -0.39 is 0 Å². The lowest BCUT2D eigenvalue weighted by atomic mass is 9.91. The molecule has 5 heteroatoms. The van der Waals surface area contributed by atoms with E-state index in [1.807, 2.05) is 30.3 Å². The first-order valence-corrected chi connectivity index (χ1v) is 6.61. The van der Waals surface area contributed by atoms with Crippen LogP contribution in [0.4, 0.5) is 5.95 Å². The van der Waals surface area contributed by atoms with Crippen LogP contribution in [0.25, 0.3) is 11.3 Å². The molecule has 1 aromatic carbocycles. The number of piperidine rings is 1. The summed E-state index contributed by atoms with van der Waals surface area (Å²) < 4.78 is 0. The molecule has 5 nitrogen and oxygen atoms in total. The standard InChI is InChI=1S/C14H17N5/c15-14-17-12(10-4-2-1-3-5-10)13(18-19-14)11-6-8-16-9-7-11/h1-5,11,16H,6-9H2,(H2,15,17,19). The Kier molecular flexibility index (Phi) is 3.37. The molecule has 1 aliphatic heterocycles. The van der Waals surface area contributed by atoms with E-state index in [1.54, 1.807) is 0 Å². The molecule has 1 aliphatic rings. The fourth-order valence-electron chi connectivity index (χ4n) is 2.53. The van der Waals surface area contributed by atoms with Gasteiger partial charge in [0.2, 0.25) is 5.95 Å². The minimum atomic E-state index is 0.233. The molecule has 1 fully saturated rings. The van der Waals surface area contributed by atoms with Crippen molar-refractivity contribution >= 4 is 5.95 Å². The smallest absolute Gasteiger partial charge is 0.240 e. The second-order valence-electron chi connectivity index (χ2n) is 4.79. The van der Waals surface area contributed by atoms with Gasteiger partial charge in [0.15, 0.2) is 0 Å². The molecular weight excluding hydrogens is 238 g/mol. The van der Waals surface area contributed by atoms with E-state index in [2.05, 4.69) is 20.5 Å². The van der Waals surface area contributed by atoms with Crippen LogP contribution in [0.15, 0.2) is 30.3 Å². The third kappa shape index (κ3) is 2.56. The molecule has 98 valence electrons. The monoisotopic (exact) mass is 255 g/mol. The first-order chi connectivity index (χ1) is 9.34. The van der Waals surface area contributed by atoms with Gasteiger partial charge in [-0.1, -0.05) is 30.3 Å². The van der Waals surface area contributed by atoms with Gasteiger partial charge in [-0.2, -0.15) is 0 Å². The lowest BCUT2D eigenvalue weighted by Gasteiger charge is -2.23. The predicted octanol–water partition coefficient (Wildman–Crippen LogP) is 1.59. The summed E-state index contributed by atoms with van der Waals surface area (Å²) in [6, 6.07) is 10.1. The summed E-state index contributed by atoms with van der Waals surface area (Å²) in [4.78, 5) is 4.40. The third-order valence-electron chi connectivity index (χ3n) is 3.50. The minimum Gasteiger partial charge on any atom is -0.366 e. The summed E-state index contributed by atoms with van der Waals surface area (Å²) in [5.74, 6) is 0.647. The number of nitrogens with zero attached hydrogens (tertiary/aromatic N) is 3. The summed E-state index contributed by atoms with van der Waals surface area (Å²) in [5, 5.41) is 11.6. The van der Waals surface area contributed by atoms with Crippen molar-refractivity contribution in [2.75, 3.05) is 18.8 Å². The lowest BCUT2D eigenvalue weighted by molar-refractivity contribution is 0.450. The second-order valence-corrected chi connectivity index (χ2v) is 4.79. The molecule has 2 heterocycles. The zero-order chi connectivity index (χ0) is 13.1. The number of rotatable bonds is 2. The first kappa shape index (κ1) is 12.0. The van der Waals surface area contributed by atoms with Crippen LogP contribution in [0.1, 0.15) is 24.5 Å². The molecule has 0 aliphatic carbocycles. The molecule has 3 rings (SSSR count). The number of hydrogen-bond donors (Lipinski definition) is 2. The Balaban J connectivity index is 2.04. The molecular formula is C14H17N5. The first-order valence-electron chi connectivity index (χ1n) is 6.61. The molecule has 0 atom stereocenters. The molecule has 1 aromatic heterocycles. The summed E-state index contributed by atoms with van der Waals surface area (Å²) in [6.45, 7) is 2.04. The Hall–Kier alpha value is -2.01. The molecule has 19 heavy (non-hydrogen) atoms. The maximum Gasteiger partial charge on any atom is 0.240 e. The SMILES string of the molecule is Nc1nnc(C2CCNCC2)c(-c2ccccc2)n1. The second kappa shape index (κ2) is 5.32. The highest BCUT2D eigenvalue weighted by atomic mass is 15.2. The van der Waals surface area contributed by atoms with Crippen LogP contribution in [-0.4, -0.2) is 28.3 Å². The predicted molar refractivity (Wildman–Crippen MR) is 74.5 cm³/mol. The van der Waals surface area contributed by atoms with E-state index in [1.165, 1.54) is 0 Å². The van der Waals surface area contributed by atoms with E-state index in [0.717, 1.165) is 42.9 Å². The van der Waals surface area contributed by atoms with E-state index in [-0.39, 0.29) is 5.95 Å². The number of aromatic nitrogens is 3. The van der Waals surface area contributed by atoms with E-state index in [0.29, 0.717) is 5.92 Å². The van der Waals surface area contributed by atoms with Crippen molar-refractivity contribution in [3.05, 3.63) is 36.0 Å². The van der Waals surface area contributed by atoms with Gasteiger partial charge >= 0.3 is 0 Å². The van der Waals surface area contributed by atoms with Crippen LogP contribution in [-0.2, 0) is 0 Å². The number of benzene rings is 1. The highest BCUT2D eigenvalue weighted by Gasteiger charge is 2.22. The number of nitrogens with one attached hydrogen (secondary N) is 1. The summed E-state index contributed by atoms with van der Waals surface area (Å²) in [7, 11) is 0. The highest BCUT2D eigenvalue weighted by Crippen LogP contribution is 2.30. The van der Waals surface area contributed by atoms with Crippen molar-refractivity contribution < 1.29 is 0 Å². The van der Waals surface area contributed by atoms with Gasteiger partial charge in [0.25, 0.3) is 0 Å². The number of nitrogen functional groups attached to an aromatic ring is 1. The summed E-state index contributed by atoms with van der Waals surface area (Å²) in [5.41, 5.74) is 8.60. The Bertz CT molecular complexity index is 549. The topological polar surface area (TPSA) is 76.7 Å². The van der Waals surface area contributed by atoms with Gasteiger partial charge in [-0.3, -0.25) is 0 Å². The minimum absolute atomic E-state index is 0.233. The van der Waals surface area contributed by atoms with Crippen LogP contribution >= 0.6 is 0 Å². The zero-order valence-corrected chi connectivity index (χ0v) is 10.7. The average Bonchev–Trinajstić information content (AvgIpc) is 2.49. The van der Waals surface area contributed by atoms with Crippen molar-refractivity contribution in [1.29, 1.82) is 0 Å². The van der Waals surface area contributed by atoms with Crippen molar-refractivity contribution in [1.82, 2.24) is 20.5 Å². The molecule has 1 saturated heterocycles. The van der Waals surface area contributed by atoms with Crippen LogP contribution in [0.5, 0.6) is 0 Å². The molecule has 3 N–H and O–H groups in total. The van der Waals surface area contributed by atoms with E-state index in [4.69, 9.17) is 5.73 Å². The van der Waals surface area contributed by atoms with Gasteiger partial charge in [0.1, 0.15) is 0 Å². The molecule has 0 spiro atoms. The fraction of sp³-hybridized carbons (Fsp3) is 0.357. The Morgan fingerprint density at radius 3 is 2.53 bits per heavy atom. The van der Waals surface area contributed by atoms with Crippen molar-refractivity contribution in [2.24, 2.45) is 0 Å². The van der Waals surface area contributed by atoms with E-state index >= 15 is 0 Å². The number of anilines is 1. The highest BCUT2D eigenvalue weighted by molar-refractivity contribution is 5.62. The van der Waals surface area contributed by atoms with Gasteiger partial charge < -0.3 is 11.1 Å². The zero-order valence-electron chi connectivity index (χ0n) is 10.7. The fourth-order valence-corrected chi connectivity index (χ4v) is 2.53. The molecule has 0 bridgehead atoms. The molecule has 0 unspecified atom stereocenters. The van der Waals surface area contributed by atoms with Crippen LogP contribution < -0.4 is 11.1 Å². The largest absolute Gasteiger partial charge is 0.366 e. The van der Waals surface area contributed by atoms with Gasteiger partial charge in [-0.25, -0.2) is 4.98 Å². The Morgan fingerprint density at radius 1 is 1.05 bits per heavy atom. The van der Waals surface area contributed by atoms with Gasteiger partial charge in [0.05, 0.1) is 11.4 Å². The Morgan fingerprint density at radius 2 is 1.79 bits per heavy atom. The van der Waals surface area contributed by atoms with Gasteiger partial charge in [-0.05, 0) is 25.9 Å². The van der Waals surface area contributed by atoms with Crippen molar-refractivity contribution in [3.63, 3.8) is 0 Å². The molecule has 0 saturated carbocycles. The van der Waals surface area contributed by atoms with E-state index in [9.17, 15) is 0 Å². The molecule has 2 aromatic rings. The van der Waals surface area contributed by atoms with Gasteiger partial charge in [-0.15, -0.1) is 10.2 Å². The summed E-state index contributed by atoms with van der Waals surface area (Å²) >= 11 is 0. The molecule has 0 radical (unpaired) electrons.